The molecule has 144 valence electrons. The third-order valence-corrected chi connectivity index (χ3v) is 6.25. The van der Waals surface area contributed by atoms with E-state index in [1.807, 2.05) is 24.3 Å². The predicted molar refractivity (Wildman–Crippen MR) is 112 cm³/mol. The van der Waals surface area contributed by atoms with E-state index in [1.165, 1.54) is 0 Å². The Morgan fingerprint density at radius 2 is 1.71 bits per heavy atom. The number of ketones is 1. The van der Waals surface area contributed by atoms with E-state index < -0.39 is 0 Å². The summed E-state index contributed by atoms with van der Waals surface area (Å²) in [6.45, 7) is 5.42. The van der Waals surface area contributed by atoms with Gasteiger partial charge in [-0.1, -0.05) is 41.9 Å². The number of rotatable bonds is 1. The fourth-order valence-corrected chi connectivity index (χ4v) is 4.82. The fraction of sp³-hybridized carbons (Fsp3) is 0.348. The second-order valence-corrected chi connectivity index (χ2v) is 9.44. The summed E-state index contributed by atoms with van der Waals surface area (Å²) in [5, 5.41) is 3.56. The molecule has 1 atom stereocenters. The molecule has 0 amide bonds. The molecule has 4 nitrogen and oxygen atoms in total. The minimum atomic E-state index is -0.0984. The van der Waals surface area contributed by atoms with Crippen molar-refractivity contribution in [3.63, 3.8) is 0 Å². The molecule has 2 aromatic rings. The topological polar surface area (TPSA) is 47.6 Å². The van der Waals surface area contributed by atoms with Crippen LogP contribution >= 0.6 is 15.9 Å². The highest BCUT2D eigenvalue weighted by Gasteiger charge is 2.41. The molecule has 2 heterocycles. The average molecular weight is 440 g/mol. The van der Waals surface area contributed by atoms with Crippen molar-refractivity contribution in [3.05, 3.63) is 63.3 Å². The number of benzene rings is 2. The molecule has 0 fully saturated rings. The van der Waals surface area contributed by atoms with Gasteiger partial charge in [0.15, 0.2) is 17.3 Å². The minimum absolute atomic E-state index is 0.0431. The van der Waals surface area contributed by atoms with E-state index in [2.05, 4.69) is 47.2 Å². The van der Waals surface area contributed by atoms with Gasteiger partial charge in [0, 0.05) is 39.8 Å². The molecule has 0 spiro atoms. The van der Waals surface area contributed by atoms with E-state index in [1.54, 1.807) is 0 Å². The highest BCUT2D eigenvalue weighted by Crippen LogP contribution is 2.51. The second kappa shape index (κ2) is 6.38. The quantitative estimate of drug-likeness (QED) is 0.643. The van der Waals surface area contributed by atoms with Crippen LogP contribution in [0, 0.1) is 5.41 Å². The molecule has 1 N–H and O–H groups in total. The first-order chi connectivity index (χ1) is 13.4. The number of ether oxygens (including phenoxy) is 2. The van der Waals surface area contributed by atoms with Crippen molar-refractivity contribution in [2.75, 3.05) is 18.5 Å². The molecule has 0 unspecified atom stereocenters. The zero-order chi connectivity index (χ0) is 19.5. The highest BCUT2D eigenvalue weighted by atomic mass is 79.9. The Hall–Kier alpha value is -2.27. The normalized spacial score (nSPS) is 22.2. The zero-order valence-corrected chi connectivity index (χ0v) is 17.6. The number of hydrogen-bond donors (Lipinski definition) is 1. The molecule has 2 aliphatic heterocycles. The summed E-state index contributed by atoms with van der Waals surface area (Å²) in [5.41, 5.74) is 5.07. The Morgan fingerprint density at radius 3 is 2.43 bits per heavy atom. The molecule has 0 aromatic heterocycles. The van der Waals surface area contributed by atoms with Gasteiger partial charge < -0.3 is 14.8 Å². The fourth-order valence-electron chi connectivity index (χ4n) is 4.55. The number of anilines is 1. The van der Waals surface area contributed by atoms with Gasteiger partial charge in [0.05, 0.1) is 0 Å². The molecular weight excluding hydrogens is 418 g/mol. The van der Waals surface area contributed by atoms with E-state index in [4.69, 9.17) is 9.47 Å². The molecular formula is C23H22BrNO3. The lowest BCUT2D eigenvalue weighted by molar-refractivity contribution is -0.118. The Morgan fingerprint density at radius 1 is 1.04 bits per heavy atom. The third kappa shape index (κ3) is 2.93. The number of Topliss-reactive ketones (excluding diaryl/α,β-unsaturated/α-hetero) is 1. The van der Waals surface area contributed by atoms with Crippen LogP contribution in [0.25, 0.3) is 0 Å². The van der Waals surface area contributed by atoms with Gasteiger partial charge in [-0.15, -0.1) is 0 Å². The summed E-state index contributed by atoms with van der Waals surface area (Å²) in [4.78, 5) is 13.2. The van der Waals surface area contributed by atoms with Gasteiger partial charge in [0.1, 0.15) is 13.2 Å². The van der Waals surface area contributed by atoms with E-state index in [9.17, 15) is 4.79 Å². The number of hydrogen-bond acceptors (Lipinski definition) is 4. The Balaban J connectivity index is 1.72. The second-order valence-electron chi connectivity index (χ2n) is 8.53. The first-order valence-corrected chi connectivity index (χ1v) is 10.4. The summed E-state index contributed by atoms with van der Waals surface area (Å²) >= 11 is 3.52. The zero-order valence-electron chi connectivity index (χ0n) is 16.0. The maximum absolute atomic E-state index is 13.2. The van der Waals surface area contributed by atoms with Crippen LogP contribution in [0.5, 0.6) is 11.5 Å². The lowest BCUT2D eigenvalue weighted by Gasteiger charge is -2.40. The largest absolute Gasteiger partial charge is 0.486 e. The van der Waals surface area contributed by atoms with Crippen molar-refractivity contribution in [1.82, 2.24) is 0 Å². The van der Waals surface area contributed by atoms with Crippen molar-refractivity contribution in [3.8, 4) is 11.5 Å². The van der Waals surface area contributed by atoms with E-state index in [-0.39, 0.29) is 17.1 Å². The van der Waals surface area contributed by atoms with Crippen LogP contribution in [0.4, 0.5) is 5.69 Å². The summed E-state index contributed by atoms with van der Waals surface area (Å²) in [6.07, 6.45) is 1.43. The van der Waals surface area contributed by atoms with Crippen molar-refractivity contribution < 1.29 is 14.3 Å². The van der Waals surface area contributed by atoms with Crippen LogP contribution in [0.1, 0.15) is 43.7 Å². The van der Waals surface area contributed by atoms with Crippen LogP contribution < -0.4 is 14.8 Å². The predicted octanol–water partition coefficient (Wildman–Crippen LogP) is 5.42. The number of nitrogens with one attached hydrogen (secondary N) is 1. The van der Waals surface area contributed by atoms with Crippen molar-refractivity contribution >= 4 is 27.4 Å². The van der Waals surface area contributed by atoms with Crippen molar-refractivity contribution in [2.45, 2.75) is 32.6 Å². The summed E-state index contributed by atoms with van der Waals surface area (Å²) < 4.78 is 12.6. The van der Waals surface area contributed by atoms with Gasteiger partial charge in [-0.05, 0) is 41.2 Å². The Bertz CT molecular complexity index is 1010. The van der Waals surface area contributed by atoms with Gasteiger partial charge >= 0.3 is 0 Å². The maximum atomic E-state index is 13.2. The van der Waals surface area contributed by atoms with Gasteiger partial charge in [-0.2, -0.15) is 0 Å². The minimum Gasteiger partial charge on any atom is -0.486 e. The van der Waals surface area contributed by atoms with E-state index in [0.29, 0.717) is 19.6 Å². The first-order valence-electron chi connectivity index (χ1n) is 9.64. The SMILES string of the molecule is CC1(C)CC(=O)C2=C(C1)Nc1cc3c(cc1[C@H]2c1ccc(Br)cc1)OCCO3. The summed E-state index contributed by atoms with van der Waals surface area (Å²) in [5.74, 6) is 1.64. The molecule has 5 heteroatoms. The van der Waals surface area contributed by atoms with Gasteiger partial charge in [0.2, 0.25) is 0 Å². The van der Waals surface area contributed by atoms with Crippen LogP contribution in [0.15, 0.2) is 52.1 Å². The van der Waals surface area contributed by atoms with Gasteiger partial charge in [0.25, 0.3) is 0 Å². The van der Waals surface area contributed by atoms with Crippen molar-refractivity contribution in [1.29, 1.82) is 0 Å². The first kappa shape index (κ1) is 17.8. The van der Waals surface area contributed by atoms with Gasteiger partial charge in [-0.3, -0.25) is 4.79 Å². The summed E-state index contributed by atoms with van der Waals surface area (Å²) in [6, 6.07) is 12.3. The molecule has 28 heavy (non-hydrogen) atoms. The standard InChI is InChI=1S/C23H22BrNO3/c1-23(2)11-17-22(18(26)12-23)21(13-3-5-14(24)6-4-13)15-9-19-20(10-16(15)25-17)28-8-7-27-19/h3-6,9-10,21,25H,7-8,11-12H2,1-2H3/t21-/m1/s1. The molecule has 5 rings (SSSR count). The molecule has 0 saturated carbocycles. The Labute approximate surface area is 173 Å². The van der Waals surface area contributed by atoms with Crippen LogP contribution in [0.3, 0.4) is 0 Å². The smallest absolute Gasteiger partial charge is 0.163 e. The lowest BCUT2D eigenvalue weighted by atomic mass is 9.68. The van der Waals surface area contributed by atoms with E-state index in [0.717, 1.165) is 50.5 Å². The number of fused-ring (bicyclic) bond motifs is 2. The molecule has 0 bridgehead atoms. The average Bonchev–Trinajstić information content (AvgIpc) is 2.64. The van der Waals surface area contributed by atoms with Crippen LogP contribution in [-0.4, -0.2) is 19.0 Å². The number of halogens is 1. The monoisotopic (exact) mass is 439 g/mol. The van der Waals surface area contributed by atoms with Crippen LogP contribution in [0.2, 0.25) is 0 Å². The number of carbonyl (C=O) groups is 1. The number of carbonyl (C=O) groups excluding carboxylic acids is 1. The molecule has 3 aliphatic rings. The molecule has 0 radical (unpaired) electrons. The number of allylic oxidation sites excluding steroid dienone is 2. The summed E-state index contributed by atoms with van der Waals surface area (Å²) in [7, 11) is 0. The molecule has 2 aromatic carbocycles. The molecule has 1 aliphatic carbocycles. The maximum Gasteiger partial charge on any atom is 0.163 e. The third-order valence-electron chi connectivity index (χ3n) is 5.72. The lowest BCUT2D eigenvalue weighted by Crippen LogP contribution is -2.34. The highest BCUT2D eigenvalue weighted by molar-refractivity contribution is 9.10. The molecule has 0 saturated heterocycles. The van der Waals surface area contributed by atoms with Gasteiger partial charge in [-0.25, -0.2) is 0 Å². The van der Waals surface area contributed by atoms with E-state index >= 15 is 0 Å². The Kier molecular flexibility index (Phi) is 4.05. The van der Waals surface area contributed by atoms with Crippen LogP contribution in [-0.2, 0) is 4.79 Å². The van der Waals surface area contributed by atoms with Crippen molar-refractivity contribution in [2.24, 2.45) is 5.41 Å².